The molecule has 2 aromatic rings. The molecule has 0 amide bonds. The van der Waals surface area contributed by atoms with Gasteiger partial charge >= 0.3 is 0 Å². The van der Waals surface area contributed by atoms with Crippen LogP contribution in [-0.4, -0.2) is 28.0 Å². The Morgan fingerprint density at radius 2 is 2.05 bits per heavy atom. The fourth-order valence-corrected chi connectivity index (χ4v) is 2.72. The summed E-state index contributed by atoms with van der Waals surface area (Å²) >= 11 is 0. The molecule has 98 valence electrons. The van der Waals surface area contributed by atoms with Crippen LogP contribution in [-0.2, 0) is 0 Å². The van der Waals surface area contributed by atoms with E-state index in [1.807, 2.05) is 24.3 Å². The first-order chi connectivity index (χ1) is 9.31. The van der Waals surface area contributed by atoms with Gasteiger partial charge in [0.15, 0.2) is 5.82 Å². The number of rotatable bonds is 2. The third-order valence-electron chi connectivity index (χ3n) is 3.93. The molecule has 1 saturated carbocycles. The number of fused-ring (bicyclic) bond motifs is 1. The van der Waals surface area contributed by atoms with Gasteiger partial charge in [0.1, 0.15) is 12.4 Å². The number of hydrogen-bond donors (Lipinski definition) is 1. The Morgan fingerprint density at radius 1 is 1.21 bits per heavy atom. The minimum atomic E-state index is -0.212. The van der Waals surface area contributed by atoms with E-state index in [0.29, 0.717) is 18.3 Å². The topological polar surface area (TPSA) is 68.4 Å². The molecule has 1 aromatic heterocycles. The van der Waals surface area contributed by atoms with Crippen molar-refractivity contribution in [3.05, 3.63) is 41.5 Å². The highest BCUT2D eigenvalue weighted by Crippen LogP contribution is 2.39. The molecule has 0 saturated heterocycles. The normalized spacial score (nSPS) is 28.6. The summed E-state index contributed by atoms with van der Waals surface area (Å²) < 4.78 is 10.9. The second-order valence-electron chi connectivity index (χ2n) is 5.21. The molecule has 1 aliphatic carbocycles. The third kappa shape index (κ3) is 1.73. The van der Waals surface area contributed by atoms with Gasteiger partial charge in [-0.3, -0.25) is 0 Å². The summed E-state index contributed by atoms with van der Waals surface area (Å²) in [5.74, 6) is 2.50. The molecule has 1 atom stereocenters. The van der Waals surface area contributed by atoms with Gasteiger partial charge in [-0.2, -0.15) is 4.98 Å². The monoisotopic (exact) mass is 258 g/mol. The Balaban J connectivity index is 1.61. The van der Waals surface area contributed by atoms with Crippen molar-refractivity contribution >= 4 is 0 Å². The molecule has 1 fully saturated rings. The molecule has 1 unspecified atom stereocenters. The van der Waals surface area contributed by atoms with Crippen LogP contribution in [0, 0.1) is 0 Å². The number of benzene rings is 1. The molecule has 5 nitrogen and oxygen atoms in total. The first kappa shape index (κ1) is 11.0. The van der Waals surface area contributed by atoms with Crippen LogP contribution in [0.15, 0.2) is 28.8 Å². The maximum absolute atomic E-state index is 9.32. The largest absolute Gasteiger partial charge is 0.492 e. The van der Waals surface area contributed by atoms with Crippen molar-refractivity contribution in [1.82, 2.24) is 10.1 Å². The van der Waals surface area contributed by atoms with Crippen molar-refractivity contribution in [3.8, 4) is 5.75 Å². The van der Waals surface area contributed by atoms with E-state index >= 15 is 0 Å². The van der Waals surface area contributed by atoms with Crippen molar-refractivity contribution < 1.29 is 14.4 Å². The zero-order chi connectivity index (χ0) is 12.8. The van der Waals surface area contributed by atoms with Gasteiger partial charge < -0.3 is 14.4 Å². The van der Waals surface area contributed by atoms with E-state index < -0.39 is 0 Å². The zero-order valence-corrected chi connectivity index (χ0v) is 10.3. The van der Waals surface area contributed by atoms with E-state index in [2.05, 4.69) is 10.1 Å². The predicted octanol–water partition coefficient (Wildman–Crippen LogP) is 1.83. The van der Waals surface area contributed by atoms with Crippen molar-refractivity contribution in [2.24, 2.45) is 0 Å². The molecule has 19 heavy (non-hydrogen) atoms. The van der Waals surface area contributed by atoms with E-state index in [-0.39, 0.29) is 17.9 Å². The van der Waals surface area contributed by atoms with Crippen molar-refractivity contribution in [3.63, 3.8) is 0 Å². The van der Waals surface area contributed by atoms with Gasteiger partial charge in [0.2, 0.25) is 5.89 Å². The maximum atomic E-state index is 9.32. The first-order valence-corrected chi connectivity index (χ1v) is 6.54. The first-order valence-electron chi connectivity index (χ1n) is 6.54. The molecule has 4 rings (SSSR count). The Labute approximate surface area is 110 Å². The Kier molecular flexibility index (Phi) is 2.35. The number of aliphatic hydroxyl groups is 1. The minimum absolute atomic E-state index is 0.0544. The van der Waals surface area contributed by atoms with Crippen LogP contribution in [0.3, 0.4) is 0 Å². The second-order valence-corrected chi connectivity index (χ2v) is 5.21. The minimum Gasteiger partial charge on any atom is -0.492 e. The zero-order valence-electron chi connectivity index (χ0n) is 10.3. The van der Waals surface area contributed by atoms with E-state index in [0.717, 1.165) is 24.2 Å². The third-order valence-corrected chi connectivity index (χ3v) is 3.93. The summed E-state index contributed by atoms with van der Waals surface area (Å²) in [6.07, 6.45) is 1.23. The van der Waals surface area contributed by atoms with Gasteiger partial charge in [0.25, 0.3) is 0 Å². The van der Waals surface area contributed by atoms with Crippen LogP contribution in [0.25, 0.3) is 0 Å². The molecule has 0 spiro atoms. The second kappa shape index (κ2) is 4.06. The summed E-state index contributed by atoms with van der Waals surface area (Å²) in [5, 5.41) is 13.4. The summed E-state index contributed by atoms with van der Waals surface area (Å²) in [6, 6.07) is 7.94. The molecule has 1 aliphatic heterocycles. The van der Waals surface area contributed by atoms with Gasteiger partial charge in [0.05, 0.1) is 12.0 Å². The van der Waals surface area contributed by atoms with Crippen LogP contribution in [0.1, 0.15) is 42.0 Å². The molecule has 1 aromatic carbocycles. The number of aromatic nitrogens is 2. The highest BCUT2D eigenvalue weighted by molar-refractivity contribution is 5.42. The molecule has 0 bridgehead atoms. The smallest absolute Gasteiger partial charge is 0.229 e. The van der Waals surface area contributed by atoms with Gasteiger partial charge in [-0.05, 0) is 18.9 Å². The van der Waals surface area contributed by atoms with Gasteiger partial charge in [0, 0.05) is 11.5 Å². The summed E-state index contributed by atoms with van der Waals surface area (Å²) in [6.45, 7) is 0.561. The fourth-order valence-electron chi connectivity index (χ4n) is 2.72. The van der Waals surface area contributed by atoms with Crippen LogP contribution in [0.5, 0.6) is 5.75 Å². The molecule has 0 radical (unpaired) electrons. The average Bonchev–Trinajstić information content (AvgIpc) is 3.01. The number of aliphatic hydroxyl groups excluding tert-OH is 1. The predicted molar refractivity (Wildman–Crippen MR) is 66.1 cm³/mol. The molecular weight excluding hydrogens is 244 g/mol. The summed E-state index contributed by atoms with van der Waals surface area (Å²) in [5.41, 5.74) is 1.11. The summed E-state index contributed by atoms with van der Waals surface area (Å²) in [7, 11) is 0. The highest BCUT2D eigenvalue weighted by Gasteiger charge is 2.35. The number of para-hydroxylation sites is 1. The van der Waals surface area contributed by atoms with E-state index in [1.54, 1.807) is 0 Å². The molecular formula is C14H14N2O3. The van der Waals surface area contributed by atoms with Gasteiger partial charge in [-0.15, -0.1) is 0 Å². The van der Waals surface area contributed by atoms with Gasteiger partial charge in [-0.25, -0.2) is 0 Å². The lowest BCUT2D eigenvalue weighted by atomic mass is 9.82. The average molecular weight is 258 g/mol. The summed E-state index contributed by atoms with van der Waals surface area (Å²) in [4.78, 5) is 4.48. The van der Waals surface area contributed by atoms with Crippen LogP contribution < -0.4 is 4.74 Å². The lowest BCUT2D eigenvalue weighted by Gasteiger charge is -2.27. The fraction of sp³-hybridized carbons (Fsp3) is 0.429. The molecule has 2 aliphatic rings. The van der Waals surface area contributed by atoms with E-state index in [9.17, 15) is 5.11 Å². The Hall–Kier alpha value is -1.88. The van der Waals surface area contributed by atoms with E-state index in [4.69, 9.17) is 9.26 Å². The Bertz CT molecular complexity index is 604. The van der Waals surface area contributed by atoms with Crippen molar-refractivity contribution in [1.29, 1.82) is 0 Å². The van der Waals surface area contributed by atoms with Crippen LogP contribution in [0.2, 0.25) is 0 Å². The van der Waals surface area contributed by atoms with Crippen LogP contribution >= 0.6 is 0 Å². The lowest BCUT2D eigenvalue weighted by molar-refractivity contribution is 0.0625. The molecule has 5 heteroatoms. The van der Waals surface area contributed by atoms with Crippen molar-refractivity contribution in [2.75, 3.05) is 6.61 Å². The van der Waals surface area contributed by atoms with E-state index in [1.165, 1.54) is 0 Å². The SMILES string of the molecule is OC1CC(c2nc(C3COc4ccccc43)no2)C1. The standard InChI is InChI=1S/C14H14N2O3/c17-9-5-8(6-9)14-15-13(16-19-14)11-7-18-12-4-2-1-3-10(11)12/h1-4,8-9,11,17H,5-7H2. The Morgan fingerprint density at radius 3 is 2.89 bits per heavy atom. The van der Waals surface area contributed by atoms with Crippen molar-refractivity contribution in [2.45, 2.75) is 30.8 Å². The van der Waals surface area contributed by atoms with Crippen LogP contribution in [0.4, 0.5) is 0 Å². The molecule has 2 heterocycles. The lowest BCUT2D eigenvalue weighted by Crippen LogP contribution is -2.26. The number of hydrogen-bond acceptors (Lipinski definition) is 5. The van der Waals surface area contributed by atoms with Gasteiger partial charge in [-0.1, -0.05) is 23.4 Å². The highest BCUT2D eigenvalue weighted by atomic mass is 16.5. The quantitative estimate of drug-likeness (QED) is 0.890. The number of ether oxygens (including phenoxy) is 1. The molecule has 1 N–H and O–H groups in total. The maximum Gasteiger partial charge on any atom is 0.229 e. The number of nitrogens with zero attached hydrogens (tertiary/aromatic N) is 2.